The van der Waals surface area contributed by atoms with Gasteiger partial charge in [0.1, 0.15) is 11.2 Å². The molecule has 10 rings (SSSR count). The van der Waals surface area contributed by atoms with E-state index in [0.717, 1.165) is 65.9 Å². The molecule has 0 aliphatic carbocycles. The van der Waals surface area contributed by atoms with Crippen LogP contribution < -0.4 is 0 Å². The second-order valence-electron chi connectivity index (χ2n) is 12.9. The highest BCUT2D eigenvalue weighted by Crippen LogP contribution is 2.39. The van der Waals surface area contributed by atoms with Gasteiger partial charge in [-0.15, -0.1) is 0 Å². The maximum Gasteiger partial charge on any atom is 0.164 e. The van der Waals surface area contributed by atoms with E-state index in [2.05, 4.69) is 152 Å². The lowest BCUT2D eigenvalue weighted by atomic mass is 9.99. The number of furan rings is 1. The van der Waals surface area contributed by atoms with Gasteiger partial charge in [0.15, 0.2) is 17.5 Å². The standard InChI is InChI=1S/C47H29N3O/c1-3-10-30(11-4-1)34-19-20-36-28-39(23-21-35(36)26-34)46-48-45(38-22-18-32-14-7-8-15-33(32)27-38)49-47(50-46)40-16-9-17-43-44(40)41-29-37(24-25-42(41)51-43)31-12-5-2-6-13-31/h1-29H. The van der Waals surface area contributed by atoms with Crippen molar-refractivity contribution in [1.29, 1.82) is 0 Å². The zero-order valence-electron chi connectivity index (χ0n) is 27.5. The summed E-state index contributed by atoms with van der Waals surface area (Å²) >= 11 is 0. The van der Waals surface area contributed by atoms with E-state index in [1.54, 1.807) is 0 Å². The van der Waals surface area contributed by atoms with Crippen molar-refractivity contribution in [2.45, 2.75) is 0 Å². The van der Waals surface area contributed by atoms with Gasteiger partial charge in [-0.2, -0.15) is 0 Å². The van der Waals surface area contributed by atoms with E-state index in [1.807, 2.05) is 24.3 Å². The van der Waals surface area contributed by atoms with Crippen molar-refractivity contribution in [3.05, 3.63) is 176 Å². The Balaban J connectivity index is 1.17. The van der Waals surface area contributed by atoms with Gasteiger partial charge in [-0.25, -0.2) is 15.0 Å². The molecule has 8 aromatic carbocycles. The number of hydrogen-bond acceptors (Lipinski definition) is 4. The van der Waals surface area contributed by atoms with Crippen LogP contribution >= 0.6 is 0 Å². The van der Waals surface area contributed by atoms with Crippen molar-refractivity contribution in [2.24, 2.45) is 0 Å². The van der Waals surface area contributed by atoms with Crippen molar-refractivity contribution >= 4 is 43.5 Å². The molecule has 0 amide bonds. The predicted octanol–water partition coefficient (Wildman–Crippen LogP) is 12.4. The number of benzene rings is 8. The smallest absolute Gasteiger partial charge is 0.164 e. The SMILES string of the molecule is c1ccc(-c2ccc3cc(-c4nc(-c5ccc6ccccc6c5)nc(-c5cccc6oc7ccc(-c8ccccc8)cc7c56)n4)ccc3c2)cc1. The van der Waals surface area contributed by atoms with Gasteiger partial charge in [0.2, 0.25) is 0 Å². The minimum atomic E-state index is 0.598. The second-order valence-corrected chi connectivity index (χ2v) is 12.9. The summed E-state index contributed by atoms with van der Waals surface area (Å²) < 4.78 is 6.40. The lowest BCUT2D eigenvalue weighted by Crippen LogP contribution is -2.00. The predicted molar refractivity (Wildman–Crippen MR) is 209 cm³/mol. The van der Waals surface area contributed by atoms with Gasteiger partial charge >= 0.3 is 0 Å². The highest BCUT2D eigenvalue weighted by Gasteiger charge is 2.19. The van der Waals surface area contributed by atoms with E-state index < -0.39 is 0 Å². The Kier molecular flexibility index (Phi) is 6.78. The molecule has 2 aromatic heterocycles. The maximum atomic E-state index is 6.40. The first-order valence-electron chi connectivity index (χ1n) is 17.1. The van der Waals surface area contributed by atoms with Gasteiger partial charge in [-0.3, -0.25) is 0 Å². The third-order valence-electron chi connectivity index (χ3n) is 9.69. The van der Waals surface area contributed by atoms with Crippen LogP contribution in [0.2, 0.25) is 0 Å². The largest absolute Gasteiger partial charge is 0.456 e. The number of fused-ring (bicyclic) bond motifs is 5. The third kappa shape index (κ3) is 5.22. The molecule has 0 aliphatic rings. The first-order chi connectivity index (χ1) is 25.2. The molecule has 0 atom stereocenters. The quantitative estimate of drug-likeness (QED) is 0.186. The lowest BCUT2D eigenvalue weighted by Gasteiger charge is -2.11. The van der Waals surface area contributed by atoms with Crippen molar-refractivity contribution < 1.29 is 4.42 Å². The van der Waals surface area contributed by atoms with E-state index in [9.17, 15) is 0 Å². The monoisotopic (exact) mass is 651 g/mol. The maximum absolute atomic E-state index is 6.40. The van der Waals surface area contributed by atoms with Crippen molar-refractivity contribution in [2.75, 3.05) is 0 Å². The highest BCUT2D eigenvalue weighted by atomic mass is 16.3. The van der Waals surface area contributed by atoms with Gasteiger partial charge in [0.25, 0.3) is 0 Å². The summed E-state index contributed by atoms with van der Waals surface area (Å²) in [5, 5.41) is 6.60. The number of nitrogens with zero attached hydrogens (tertiary/aromatic N) is 3. The molecule has 0 fully saturated rings. The Morgan fingerprint density at radius 3 is 1.51 bits per heavy atom. The number of aromatic nitrogens is 3. The van der Waals surface area contributed by atoms with Crippen molar-refractivity contribution in [1.82, 2.24) is 15.0 Å². The second kappa shape index (κ2) is 11.9. The average Bonchev–Trinajstić information content (AvgIpc) is 3.59. The van der Waals surface area contributed by atoms with Crippen LogP contribution in [-0.4, -0.2) is 15.0 Å². The molecule has 51 heavy (non-hydrogen) atoms. The van der Waals surface area contributed by atoms with Crippen LogP contribution in [0.25, 0.3) is 99.9 Å². The number of hydrogen-bond donors (Lipinski definition) is 0. The van der Waals surface area contributed by atoms with Crippen molar-refractivity contribution in [3.8, 4) is 56.4 Å². The summed E-state index contributed by atoms with van der Waals surface area (Å²) in [5.41, 5.74) is 9.04. The molecule has 0 radical (unpaired) electrons. The molecule has 4 nitrogen and oxygen atoms in total. The van der Waals surface area contributed by atoms with Crippen LogP contribution in [0.3, 0.4) is 0 Å². The fraction of sp³-hybridized carbons (Fsp3) is 0. The Morgan fingerprint density at radius 2 is 0.824 bits per heavy atom. The first-order valence-corrected chi connectivity index (χ1v) is 17.1. The van der Waals surface area contributed by atoms with Crippen molar-refractivity contribution in [3.63, 3.8) is 0 Å². The number of rotatable bonds is 5. The van der Waals surface area contributed by atoms with E-state index in [1.165, 1.54) is 16.5 Å². The van der Waals surface area contributed by atoms with Crippen LogP contribution in [0.1, 0.15) is 0 Å². The van der Waals surface area contributed by atoms with Gasteiger partial charge < -0.3 is 4.42 Å². The topological polar surface area (TPSA) is 51.8 Å². The molecule has 2 heterocycles. The minimum absolute atomic E-state index is 0.598. The van der Waals surface area contributed by atoms with Gasteiger partial charge in [-0.1, -0.05) is 140 Å². The summed E-state index contributed by atoms with van der Waals surface area (Å²) in [6.45, 7) is 0. The van der Waals surface area contributed by atoms with E-state index in [4.69, 9.17) is 19.4 Å². The Bertz CT molecular complexity index is 2910. The molecule has 238 valence electrons. The molecule has 0 saturated carbocycles. The molecule has 10 aromatic rings. The van der Waals surface area contributed by atoms with Gasteiger partial charge in [0.05, 0.1) is 0 Å². The summed E-state index contributed by atoms with van der Waals surface area (Å²) in [4.78, 5) is 15.5. The van der Waals surface area contributed by atoms with Gasteiger partial charge in [0, 0.05) is 27.5 Å². The van der Waals surface area contributed by atoms with Crippen LogP contribution in [-0.2, 0) is 0 Å². The minimum Gasteiger partial charge on any atom is -0.456 e. The molecule has 0 aliphatic heterocycles. The molecular formula is C47H29N3O. The molecule has 0 saturated heterocycles. The summed E-state index contributed by atoms with van der Waals surface area (Å²) in [6, 6.07) is 61.2. The third-order valence-corrected chi connectivity index (χ3v) is 9.69. The Labute approximate surface area is 294 Å². The summed E-state index contributed by atoms with van der Waals surface area (Å²) in [6.07, 6.45) is 0. The summed E-state index contributed by atoms with van der Waals surface area (Å²) in [7, 11) is 0. The normalized spacial score (nSPS) is 11.5. The molecule has 0 unspecified atom stereocenters. The molecule has 0 bridgehead atoms. The zero-order valence-corrected chi connectivity index (χ0v) is 27.5. The molecule has 4 heteroatoms. The molecule has 0 spiro atoms. The summed E-state index contributed by atoms with van der Waals surface area (Å²) in [5.74, 6) is 1.84. The van der Waals surface area contributed by atoms with E-state index in [-0.39, 0.29) is 0 Å². The lowest BCUT2D eigenvalue weighted by molar-refractivity contribution is 0.669. The first kappa shape index (κ1) is 29.0. The van der Waals surface area contributed by atoms with Gasteiger partial charge in [-0.05, 0) is 80.2 Å². The van der Waals surface area contributed by atoms with Crippen LogP contribution in [0.15, 0.2) is 180 Å². The van der Waals surface area contributed by atoms with Crippen LogP contribution in [0, 0.1) is 0 Å². The highest BCUT2D eigenvalue weighted by molar-refractivity contribution is 6.12. The fourth-order valence-corrected chi connectivity index (χ4v) is 7.10. The van der Waals surface area contributed by atoms with E-state index in [0.29, 0.717) is 17.5 Å². The Morgan fingerprint density at radius 1 is 0.314 bits per heavy atom. The zero-order chi connectivity index (χ0) is 33.7. The van der Waals surface area contributed by atoms with E-state index >= 15 is 0 Å². The molecule has 0 N–H and O–H groups in total. The average molecular weight is 652 g/mol. The fourth-order valence-electron chi connectivity index (χ4n) is 7.10. The molecular weight excluding hydrogens is 623 g/mol. The van der Waals surface area contributed by atoms with Crippen LogP contribution in [0.5, 0.6) is 0 Å². The Hall–Kier alpha value is -6.91. The van der Waals surface area contributed by atoms with Crippen LogP contribution in [0.4, 0.5) is 0 Å².